The Morgan fingerprint density at radius 1 is 0.815 bits per heavy atom. The molecule has 27 heavy (non-hydrogen) atoms. The van der Waals surface area contributed by atoms with Crippen molar-refractivity contribution in [2.75, 3.05) is 0 Å². The lowest BCUT2D eigenvalue weighted by molar-refractivity contribution is 0.0912. The Hall–Kier alpha value is -2.64. The molecule has 0 amide bonds. The zero-order valence-corrected chi connectivity index (χ0v) is 16.3. The van der Waals surface area contributed by atoms with Crippen molar-refractivity contribution in [2.45, 2.75) is 26.1 Å². The summed E-state index contributed by atoms with van der Waals surface area (Å²) in [5.74, 6) is -0.215. The molecule has 1 unspecified atom stereocenters. The van der Waals surface area contributed by atoms with Gasteiger partial charge in [-0.1, -0.05) is 60.7 Å². The van der Waals surface area contributed by atoms with Crippen molar-refractivity contribution >= 4 is 23.5 Å². The zero-order chi connectivity index (χ0) is 19.0. The van der Waals surface area contributed by atoms with Crippen LogP contribution in [0.5, 0.6) is 5.75 Å². The van der Waals surface area contributed by atoms with Crippen LogP contribution in [-0.4, -0.2) is 11.6 Å². The summed E-state index contributed by atoms with van der Waals surface area (Å²) in [6.45, 7) is 3.91. The van der Waals surface area contributed by atoms with Gasteiger partial charge in [0.25, 0.3) is 0 Å². The minimum absolute atomic E-state index is 0.0238. The highest BCUT2D eigenvalue weighted by molar-refractivity contribution is 7.79. The molecule has 1 atom stereocenters. The Morgan fingerprint density at radius 2 is 1.33 bits per heavy atom. The Balaban J connectivity index is 1.93. The molecule has 4 rings (SSSR count). The predicted octanol–water partition coefficient (Wildman–Crippen LogP) is 4.61. The van der Waals surface area contributed by atoms with Crippen molar-refractivity contribution in [3.05, 3.63) is 89.5 Å². The van der Waals surface area contributed by atoms with Gasteiger partial charge in [-0.3, -0.25) is 4.79 Å². The lowest BCUT2D eigenvalue weighted by atomic mass is 10.1. The van der Waals surface area contributed by atoms with E-state index in [0.29, 0.717) is 11.3 Å². The van der Waals surface area contributed by atoms with Crippen LogP contribution in [0, 0.1) is 13.8 Å². The van der Waals surface area contributed by atoms with Crippen LogP contribution in [0.15, 0.2) is 72.8 Å². The third-order valence-corrected chi connectivity index (χ3v) is 8.70. The first-order valence-electron chi connectivity index (χ1n) is 9.03. The fraction of sp³-hybridized carbons (Fsp3) is 0.174. The Kier molecular flexibility index (Phi) is 4.49. The second-order valence-electron chi connectivity index (χ2n) is 6.93. The number of rotatable bonds is 3. The van der Waals surface area contributed by atoms with Gasteiger partial charge in [0.2, 0.25) is 0 Å². The highest BCUT2D eigenvalue weighted by Crippen LogP contribution is 2.53. The third-order valence-electron chi connectivity index (χ3n) is 5.16. The highest BCUT2D eigenvalue weighted by Gasteiger charge is 2.44. The summed E-state index contributed by atoms with van der Waals surface area (Å²) in [7, 11) is -3.21. The average molecular weight is 376 g/mol. The summed E-state index contributed by atoms with van der Waals surface area (Å²) in [5.41, 5.74) is 2.45. The summed E-state index contributed by atoms with van der Waals surface area (Å²) in [6.07, 6.45) is 0.108. The third kappa shape index (κ3) is 2.93. The topological polar surface area (TPSA) is 43.4 Å². The van der Waals surface area contributed by atoms with Crippen molar-refractivity contribution in [2.24, 2.45) is 0 Å². The van der Waals surface area contributed by atoms with E-state index in [1.807, 2.05) is 74.5 Å². The molecule has 0 saturated carbocycles. The number of hydrogen-bond acceptors (Lipinski definition) is 3. The minimum atomic E-state index is -3.21. The summed E-state index contributed by atoms with van der Waals surface area (Å²) >= 11 is 0. The van der Waals surface area contributed by atoms with E-state index in [1.54, 1.807) is 12.1 Å². The minimum Gasteiger partial charge on any atom is -0.481 e. The number of hydrogen-bond donors (Lipinski definition) is 0. The summed E-state index contributed by atoms with van der Waals surface area (Å²) in [4.78, 5) is 12.8. The van der Waals surface area contributed by atoms with Crippen molar-refractivity contribution in [1.29, 1.82) is 0 Å². The molecular weight excluding hydrogens is 355 g/mol. The number of carbonyl (C=O) groups excluding carboxylic acids is 1. The molecular formula is C23H21O3P. The largest absolute Gasteiger partial charge is 0.481 e. The molecule has 136 valence electrons. The van der Waals surface area contributed by atoms with Crippen molar-refractivity contribution in [3.63, 3.8) is 0 Å². The normalized spacial score (nSPS) is 16.5. The first-order valence-corrected chi connectivity index (χ1v) is 10.8. The zero-order valence-electron chi connectivity index (χ0n) is 15.4. The second kappa shape index (κ2) is 6.83. The Morgan fingerprint density at radius 3 is 1.93 bits per heavy atom. The van der Waals surface area contributed by atoms with Gasteiger partial charge in [-0.15, -0.1) is 0 Å². The van der Waals surface area contributed by atoms with Crippen LogP contribution in [0.1, 0.15) is 27.9 Å². The number of aryl methyl sites for hydroxylation is 2. The van der Waals surface area contributed by atoms with Crippen LogP contribution >= 0.6 is 7.14 Å². The second-order valence-corrected chi connectivity index (χ2v) is 9.78. The molecule has 3 aromatic rings. The van der Waals surface area contributed by atoms with Crippen LogP contribution in [-0.2, 0) is 4.57 Å². The first kappa shape index (κ1) is 17.8. The van der Waals surface area contributed by atoms with Gasteiger partial charge in [0.15, 0.2) is 18.8 Å². The molecule has 0 bridgehead atoms. The molecule has 0 aromatic heterocycles. The molecule has 1 heterocycles. The fourth-order valence-corrected chi connectivity index (χ4v) is 7.15. The van der Waals surface area contributed by atoms with Gasteiger partial charge >= 0.3 is 0 Å². The predicted molar refractivity (Wildman–Crippen MR) is 109 cm³/mol. The van der Waals surface area contributed by atoms with Gasteiger partial charge in [0, 0.05) is 10.6 Å². The first-order chi connectivity index (χ1) is 13.0. The van der Waals surface area contributed by atoms with Gasteiger partial charge < -0.3 is 9.30 Å². The molecule has 1 aliphatic heterocycles. The molecule has 0 N–H and O–H groups in total. The van der Waals surface area contributed by atoms with E-state index in [-0.39, 0.29) is 12.2 Å². The van der Waals surface area contributed by atoms with Gasteiger partial charge in [-0.05, 0) is 37.1 Å². The molecule has 0 fully saturated rings. The number of benzene rings is 3. The SMILES string of the molecule is Cc1ccccc1P(=O)(c1ccccc1C)C1CC(=O)c2ccccc2O1. The van der Waals surface area contributed by atoms with Crippen molar-refractivity contribution in [1.82, 2.24) is 0 Å². The maximum absolute atomic E-state index is 14.7. The van der Waals surface area contributed by atoms with Gasteiger partial charge in [0.1, 0.15) is 5.75 Å². The Labute approximate surface area is 159 Å². The number of Topliss-reactive ketones (excluding diaryl/α,β-unsaturated/α-hetero) is 1. The van der Waals surface area contributed by atoms with Crippen molar-refractivity contribution in [3.8, 4) is 5.75 Å². The molecule has 3 aromatic carbocycles. The van der Waals surface area contributed by atoms with Crippen molar-refractivity contribution < 1.29 is 14.1 Å². The van der Waals surface area contributed by atoms with E-state index in [4.69, 9.17) is 4.74 Å². The van der Waals surface area contributed by atoms with E-state index in [0.717, 1.165) is 21.7 Å². The smallest absolute Gasteiger partial charge is 0.182 e. The molecule has 3 nitrogen and oxygen atoms in total. The van der Waals surface area contributed by atoms with Crippen LogP contribution in [0.25, 0.3) is 0 Å². The summed E-state index contributed by atoms with van der Waals surface area (Å²) in [6, 6.07) is 22.6. The standard InChI is InChI=1S/C23H21O3P/c1-16-9-3-7-13-21(16)27(25,22-14-8-4-10-17(22)2)23-15-19(24)18-11-5-6-12-20(18)26-23/h3-14,23H,15H2,1-2H3. The van der Waals surface area contributed by atoms with E-state index < -0.39 is 13.0 Å². The number of para-hydroxylation sites is 1. The summed E-state index contributed by atoms with van der Waals surface area (Å²) < 4.78 is 20.9. The number of fused-ring (bicyclic) bond motifs is 1. The van der Waals surface area contributed by atoms with E-state index in [1.165, 1.54) is 0 Å². The summed E-state index contributed by atoms with van der Waals surface area (Å²) in [5, 5.41) is 1.52. The number of ether oxygens (including phenoxy) is 1. The number of ketones is 1. The fourth-order valence-electron chi connectivity index (χ4n) is 3.77. The van der Waals surface area contributed by atoms with Gasteiger partial charge in [-0.2, -0.15) is 0 Å². The van der Waals surface area contributed by atoms with E-state index in [9.17, 15) is 9.36 Å². The van der Waals surface area contributed by atoms with Crippen LogP contribution in [0.3, 0.4) is 0 Å². The lowest BCUT2D eigenvalue weighted by Gasteiger charge is -2.33. The molecule has 0 aliphatic carbocycles. The quantitative estimate of drug-likeness (QED) is 0.627. The van der Waals surface area contributed by atoms with E-state index >= 15 is 0 Å². The van der Waals surface area contributed by atoms with E-state index in [2.05, 4.69) is 0 Å². The lowest BCUT2D eigenvalue weighted by Crippen LogP contribution is -2.36. The van der Waals surface area contributed by atoms with Crippen LogP contribution < -0.4 is 15.3 Å². The number of carbonyl (C=O) groups is 1. The molecule has 0 spiro atoms. The van der Waals surface area contributed by atoms with Gasteiger partial charge in [-0.25, -0.2) is 0 Å². The molecule has 0 radical (unpaired) electrons. The highest BCUT2D eigenvalue weighted by atomic mass is 31.2. The monoisotopic (exact) mass is 376 g/mol. The maximum Gasteiger partial charge on any atom is 0.182 e. The van der Waals surface area contributed by atoms with Crippen LogP contribution in [0.2, 0.25) is 0 Å². The van der Waals surface area contributed by atoms with Gasteiger partial charge in [0.05, 0.1) is 12.0 Å². The average Bonchev–Trinajstić information content (AvgIpc) is 2.68. The molecule has 4 heteroatoms. The molecule has 0 saturated heterocycles. The van der Waals surface area contributed by atoms with Crippen LogP contribution in [0.4, 0.5) is 0 Å². The molecule has 1 aliphatic rings. The maximum atomic E-state index is 14.7. The Bertz CT molecular complexity index is 1020.